The molecule has 0 saturated carbocycles. The van der Waals surface area contributed by atoms with Gasteiger partial charge in [-0.25, -0.2) is 0 Å². The molecule has 1 amide bonds. The number of hydrogen-bond acceptors (Lipinski definition) is 3. The molecule has 0 unspecified atom stereocenters. The number of amides is 1. The molecule has 0 saturated heterocycles. The smallest absolute Gasteiger partial charge is 0.228 e. The Bertz CT molecular complexity index is 841. The fraction of sp³-hybridized carbons (Fsp3) is 0.158. The maximum atomic E-state index is 12.4. The fourth-order valence-corrected chi connectivity index (χ4v) is 2.63. The number of nitrogens with one attached hydrogen (secondary N) is 1. The highest BCUT2D eigenvalue weighted by Gasteiger charge is 2.13. The Morgan fingerprint density at radius 2 is 1.96 bits per heavy atom. The van der Waals surface area contributed by atoms with Crippen LogP contribution in [0.25, 0.3) is 11.3 Å². The highest BCUT2D eigenvalue weighted by molar-refractivity contribution is 5.95. The fourth-order valence-electron chi connectivity index (χ4n) is 2.63. The summed E-state index contributed by atoms with van der Waals surface area (Å²) in [4.78, 5) is 12.4. The molecule has 1 heterocycles. The second kappa shape index (κ2) is 7.00. The molecular formula is C19H19N3O2. The molecule has 5 nitrogen and oxygen atoms in total. The SMILES string of the molecule is COc1cccc(CC(=O)Nc2cnn(C)c2-c2ccccc2)c1. The number of aryl methyl sites for hydroxylation is 1. The Morgan fingerprint density at radius 3 is 2.71 bits per heavy atom. The van der Waals surface area contributed by atoms with Gasteiger partial charge in [0.15, 0.2) is 0 Å². The standard InChI is InChI=1S/C19H19N3O2/c1-22-19(15-8-4-3-5-9-15)17(13-20-22)21-18(23)12-14-7-6-10-16(11-14)24-2/h3-11,13H,12H2,1-2H3,(H,21,23). The van der Waals surface area contributed by atoms with E-state index in [1.54, 1.807) is 18.0 Å². The first-order valence-electron chi connectivity index (χ1n) is 7.67. The molecule has 1 aromatic heterocycles. The predicted molar refractivity (Wildman–Crippen MR) is 94.0 cm³/mol. The molecule has 0 atom stereocenters. The molecule has 5 heteroatoms. The van der Waals surface area contributed by atoms with Crippen molar-refractivity contribution in [1.82, 2.24) is 9.78 Å². The van der Waals surface area contributed by atoms with Crippen molar-refractivity contribution < 1.29 is 9.53 Å². The minimum absolute atomic E-state index is 0.0894. The van der Waals surface area contributed by atoms with Crippen LogP contribution in [-0.2, 0) is 18.3 Å². The highest BCUT2D eigenvalue weighted by Crippen LogP contribution is 2.27. The summed E-state index contributed by atoms with van der Waals surface area (Å²) in [6.45, 7) is 0. The summed E-state index contributed by atoms with van der Waals surface area (Å²) in [5.74, 6) is 0.653. The molecular weight excluding hydrogens is 302 g/mol. The van der Waals surface area contributed by atoms with Gasteiger partial charge in [0, 0.05) is 12.6 Å². The molecule has 2 aromatic carbocycles. The van der Waals surface area contributed by atoms with Gasteiger partial charge in [-0.3, -0.25) is 9.48 Å². The van der Waals surface area contributed by atoms with Crippen LogP contribution < -0.4 is 10.1 Å². The van der Waals surface area contributed by atoms with Crippen LogP contribution in [0.2, 0.25) is 0 Å². The van der Waals surface area contributed by atoms with Crippen LogP contribution in [0.15, 0.2) is 60.8 Å². The molecule has 0 bridgehead atoms. The molecule has 0 radical (unpaired) electrons. The molecule has 0 aliphatic carbocycles. The lowest BCUT2D eigenvalue weighted by Gasteiger charge is -2.09. The first kappa shape index (κ1) is 15.8. The quantitative estimate of drug-likeness (QED) is 0.784. The lowest BCUT2D eigenvalue weighted by atomic mass is 10.1. The normalized spacial score (nSPS) is 10.4. The van der Waals surface area contributed by atoms with E-state index in [2.05, 4.69) is 10.4 Å². The minimum Gasteiger partial charge on any atom is -0.497 e. The predicted octanol–water partition coefficient (Wildman–Crippen LogP) is 3.28. The first-order chi connectivity index (χ1) is 11.7. The van der Waals surface area contributed by atoms with Gasteiger partial charge in [0.1, 0.15) is 5.75 Å². The van der Waals surface area contributed by atoms with E-state index in [4.69, 9.17) is 4.74 Å². The second-order valence-corrected chi connectivity index (χ2v) is 5.47. The average molecular weight is 321 g/mol. The number of aromatic nitrogens is 2. The van der Waals surface area contributed by atoms with Gasteiger partial charge < -0.3 is 10.1 Å². The molecule has 24 heavy (non-hydrogen) atoms. The third-order valence-corrected chi connectivity index (χ3v) is 3.76. The number of benzene rings is 2. The van der Waals surface area contributed by atoms with Crippen molar-refractivity contribution in [2.75, 3.05) is 12.4 Å². The molecule has 3 rings (SSSR count). The maximum Gasteiger partial charge on any atom is 0.228 e. The summed E-state index contributed by atoms with van der Waals surface area (Å²) in [7, 11) is 3.47. The number of rotatable bonds is 5. The van der Waals surface area contributed by atoms with E-state index in [-0.39, 0.29) is 12.3 Å². The number of carbonyl (C=O) groups is 1. The van der Waals surface area contributed by atoms with Gasteiger partial charge in [0.2, 0.25) is 5.91 Å². The van der Waals surface area contributed by atoms with Crippen molar-refractivity contribution in [1.29, 1.82) is 0 Å². The Hall–Kier alpha value is -3.08. The van der Waals surface area contributed by atoms with Crippen LogP contribution in [0.1, 0.15) is 5.56 Å². The number of hydrogen-bond donors (Lipinski definition) is 1. The molecule has 0 aliphatic heterocycles. The Balaban J connectivity index is 1.78. The van der Waals surface area contributed by atoms with Crippen molar-refractivity contribution in [2.24, 2.45) is 7.05 Å². The van der Waals surface area contributed by atoms with E-state index in [0.717, 1.165) is 22.6 Å². The minimum atomic E-state index is -0.0894. The van der Waals surface area contributed by atoms with Crippen molar-refractivity contribution in [2.45, 2.75) is 6.42 Å². The zero-order valence-electron chi connectivity index (χ0n) is 13.7. The summed E-state index contributed by atoms with van der Waals surface area (Å²) >= 11 is 0. The van der Waals surface area contributed by atoms with E-state index in [1.165, 1.54) is 0 Å². The van der Waals surface area contributed by atoms with Gasteiger partial charge in [0.05, 0.1) is 31.1 Å². The van der Waals surface area contributed by atoms with Gasteiger partial charge in [-0.2, -0.15) is 5.10 Å². The van der Waals surface area contributed by atoms with Gasteiger partial charge in [-0.15, -0.1) is 0 Å². The molecule has 122 valence electrons. The number of methoxy groups -OCH3 is 1. The monoisotopic (exact) mass is 321 g/mol. The zero-order chi connectivity index (χ0) is 16.9. The van der Waals surface area contributed by atoms with E-state index in [1.807, 2.05) is 61.6 Å². The Morgan fingerprint density at radius 1 is 1.17 bits per heavy atom. The van der Waals surface area contributed by atoms with Crippen molar-refractivity contribution in [3.63, 3.8) is 0 Å². The van der Waals surface area contributed by atoms with Crippen molar-refractivity contribution in [3.05, 3.63) is 66.4 Å². The summed E-state index contributed by atoms with van der Waals surface area (Å²) < 4.78 is 6.95. The summed E-state index contributed by atoms with van der Waals surface area (Å²) in [6, 6.07) is 17.4. The Labute approximate surface area is 140 Å². The van der Waals surface area contributed by atoms with Gasteiger partial charge >= 0.3 is 0 Å². The number of carbonyl (C=O) groups excluding carboxylic acids is 1. The molecule has 0 aliphatic rings. The molecule has 1 N–H and O–H groups in total. The number of nitrogens with zero attached hydrogens (tertiary/aromatic N) is 2. The van der Waals surface area contributed by atoms with Crippen LogP contribution >= 0.6 is 0 Å². The van der Waals surface area contributed by atoms with Crippen LogP contribution in [0.5, 0.6) is 5.75 Å². The van der Waals surface area contributed by atoms with Crippen molar-refractivity contribution in [3.8, 4) is 17.0 Å². The number of ether oxygens (including phenoxy) is 1. The van der Waals surface area contributed by atoms with Gasteiger partial charge in [-0.1, -0.05) is 42.5 Å². The Kier molecular flexibility index (Phi) is 4.61. The third-order valence-electron chi connectivity index (χ3n) is 3.76. The maximum absolute atomic E-state index is 12.4. The second-order valence-electron chi connectivity index (χ2n) is 5.47. The van der Waals surface area contributed by atoms with Crippen LogP contribution in [-0.4, -0.2) is 22.8 Å². The lowest BCUT2D eigenvalue weighted by molar-refractivity contribution is -0.115. The summed E-state index contributed by atoms with van der Waals surface area (Å²) in [5.41, 5.74) is 3.50. The van der Waals surface area contributed by atoms with Crippen LogP contribution in [0.3, 0.4) is 0 Å². The lowest BCUT2D eigenvalue weighted by Crippen LogP contribution is -2.14. The molecule has 0 spiro atoms. The van der Waals surface area contributed by atoms with Crippen LogP contribution in [0.4, 0.5) is 5.69 Å². The van der Waals surface area contributed by atoms with Gasteiger partial charge in [-0.05, 0) is 17.7 Å². The van der Waals surface area contributed by atoms with E-state index >= 15 is 0 Å². The van der Waals surface area contributed by atoms with E-state index < -0.39 is 0 Å². The average Bonchev–Trinajstić information content (AvgIpc) is 2.96. The first-order valence-corrected chi connectivity index (χ1v) is 7.67. The van der Waals surface area contributed by atoms with Crippen molar-refractivity contribution >= 4 is 11.6 Å². The number of anilines is 1. The third kappa shape index (κ3) is 3.46. The van der Waals surface area contributed by atoms with Crippen LogP contribution in [0, 0.1) is 0 Å². The topological polar surface area (TPSA) is 56.1 Å². The molecule has 3 aromatic rings. The summed E-state index contributed by atoms with van der Waals surface area (Å²) in [6.07, 6.45) is 1.95. The summed E-state index contributed by atoms with van der Waals surface area (Å²) in [5, 5.41) is 7.22. The molecule has 0 fully saturated rings. The van der Waals surface area contributed by atoms with E-state index in [9.17, 15) is 4.79 Å². The van der Waals surface area contributed by atoms with E-state index in [0.29, 0.717) is 5.69 Å². The highest BCUT2D eigenvalue weighted by atomic mass is 16.5. The van der Waals surface area contributed by atoms with Gasteiger partial charge in [0.25, 0.3) is 0 Å². The largest absolute Gasteiger partial charge is 0.497 e. The zero-order valence-corrected chi connectivity index (χ0v) is 13.7.